The van der Waals surface area contributed by atoms with Crippen LogP contribution in [0.5, 0.6) is 11.5 Å². The van der Waals surface area contributed by atoms with E-state index in [4.69, 9.17) is 32.7 Å². The van der Waals surface area contributed by atoms with Gasteiger partial charge in [0.25, 0.3) is 5.91 Å². The van der Waals surface area contributed by atoms with E-state index in [9.17, 15) is 4.79 Å². The Morgan fingerprint density at radius 2 is 1.74 bits per heavy atom. The molecule has 1 saturated heterocycles. The molecule has 1 aliphatic rings. The van der Waals surface area contributed by atoms with Crippen molar-refractivity contribution < 1.29 is 14.3 Å². The fourth-order valence-electron chi connectivity index (χ4n) is 3.84. The number of thioether (sulfide) groups is 1. The number of pyridine rings is 1. The van der Waals surface area contributed by atoms with Gasteiger partial charge in [0.2, 0.25) is 0 Å². The fraction of sp³-hybridized carbons (Fsp3) is 0.100. The number of amides is 1. The summed E-state index contributed by atoms with van der Waals surface area (Å²) in [6, 6.07) is 26.0. The summed E-state index contributed by atoms with van der Waals surface area (Å²) < 4.78 is 11.9. The molecule has 0 unspecified atom stereocenters. The van der Waals surface area contributed by atoms with Crippen molar-refractivity contribution in [1.29, 1.82) is 0 Å². The highest BCUT2D eigenvalue weighted by Gasteiger charge is 2.35. The van der Waals surface area contributed by atoms with Gasteiger partial charge in [0.1, 0.15) is 12.3 Å². The van der Waals surface area contributed by atoms with Crippen LogP contribution in [0, 0.1) is 0 Å². The third kappa shape index (κ3) is 6.28. The Morgan fingerprint density at radius 3 is 2.51 bits per heavy atom. The van der Waals surface area contributed by atoms with Crippen LogP contribution in [0.1, 0.15) is 18.1 Å². The van der Waals surface area contributed by atoms with Crippen molar-refractivity contribution in [3.63, 3.8) is 0 Å². The van der Waals surface area contributed by atoms with Crippen LogP contribution in [0.15, 0.2) is 101 Å². The maximum Gasteiger partial charge on any atom is 0.271 e. The van der Waals surface area contributed by atoms with Gasteiger partial charge in [0.05, 0.1) is 17.2 Å². The number of hydrogen-bond acceptors (Lipinski definition) is 6. The van der Waals surface area contributed by atoms with Crippen molar-refractivity contribution in [1.82, 2.24) is 4.98 Å². The molecule has 0 radical (unpaired) electrons. The summed E-state index contributed by atoms with van der Waals surface area (Å²) >= 11 is 13.8. The molecular weight excluding hydrogens is 553 g/mol. The molecule has 0 atom stereocenters. The second kappa shape index (κ2) is 12.4. The number of aliphatic imine (C=N–C) groups is 1. The lowest BCUT2D eigenvalue weighted by atomic mass is 10.1. The van der Waals surface area contributed by atoms with Gasteiger partial charge in [0, 0.05) is 16.8 Å². The number of para-hydroxylation sites is 1. The number of carbonyl (C=O) groups excluding carboxylic acids is 1. The van der Waals surface area contributed by atoms with E-state index in [2.05, 4.69) is 9.98 Å². The lowest BCUT2D eigenvalue weighted by Crippen LogP contribution is -2.28. The number of benzene rings is 3. The molecule has 39 heavy (non-hydrogen) atoms. The summed E-state index contributed by atoms with van der Waals surface area (Å²) in [7, 11) is 0. The fourth-order valence-corrected chi connectivity index (χ4v) is 5.19. The molecular formula is C30H23Cl2N3O3S. The van der Waals surface area contributed by atoms with Crippen LogP contribution in [0.2, 0.25) is 10.2 Å². The van der Waals surface area contributed by atoms with E-state index in [-0.39, 0.29) is 11.1 Å². The summed E-state index contributed by atoms with van der Waals surface area (Å²) in [5, 5.41) is 1.39. The number of halogens is 2. The van der Waals surface area contributed by atoms with Crippen LogP contribution in [-0.4, -0.2) is 22.7 Å². The number of anilines is 1. The predicted octanol–water partition coefficient (Wildman–Crippen LogP) is 8.17. The summed E-state index contributed by atoms with van der Waals surface area (Å²) in [5.74, 6) is 0.968. The monoisotopic (exact) mass is 575 g/mol. The number of ether oxygens (including phenoxy) is 2. The zero-order valence-electron chi connectivity index (χ0n) is 20.9. The minimum atomic E-state index is -0.193. The third-order valence-electron chi connectivity index (χ3n) is 5.68. The lowest BCUT2D eigenvalue weighted by molar-refractivity contribution is -0.113. The average Bonchev–Trinajstić information content (AvgIpc) is 3.25. The number of amidine groups is 1. The van der Waals surface area contributed by atoms with Crippen molar-refractivity contribution in [2.45, 2.75) is 13.5 Å². The minimum Gasteiger partial charge on any atom is -0.490 e. The molecule has 6 nitrogen and oxygen atoms in total. The Hall–Kier alpha value is -3.78. The average molecular weight is 577 g/mol. The van der Waals surface area contributed by atoms with Crippen LogP contribution in [-0.2, 0) is 11.4 Å². The summed E-state index contributed by atoms with van der Waals surface area (Å²) in [5.41, 5.74) is 2.85. The topological polar surface area (TPSA) is 64.0 Å². The number of nitrogens with zero attached hydrogens (tertiary/aromatic N) is 3. The van der Waals surface area contributed by atoms with Crippen molar-refractivity contribution in [3.8, 4) is 11.5 Å². The third-order valence-corrected chi connectivity index (χ3v) is 7.31. The Bertz CT molecular complexity index is 1560. The molecule has 0 saturated carbocycles. The number of hydrogen-bond donors (Lipinski definition) is 0. The normalized spacial score (nSPS) is 15.3. The molecule has 4 aromatic rings. The zero-order chi connectivity index (χ0) is 27.2. The predicted molar refractivity (Wildman–Crippen MR) is 159 cm³/mol. The first-order valence-corrected chi connectivity index (χ1v) is 13.7. The molecule has 1 fully saturated rings. The molecule has 196 valence electrons. The first kappa shape index (κ1) is 26.8. The first-order chi connectivity index (χ1) is 19.0. The molecule has 0 spiro atoms. The maximum absolute atomic E-state index is 13.6. The largest absolute Gasteiger partial charge is 0.490 e. The van der Waals surface area contributed by atoms with E-state index in [1.54, 1.807) is 23.2 Å². The lowest BCUT2D eigenvalue weighted by Gasteiger charge is -2.15. The molecule has 0 bridgehead atoms. The van der Waals surface area contributed by atoms with Gasteiger partial charge in [-0.05, 0) is 72.8 Å². The van der Waals surface area contributed by atoms with Crippen molar-refractivity contribution in [2.75, 3.05) is 11.5 Å². The number of aromatic nitrogens is 1. The van der Waals surface area contributed by atoms with Gasteiger partial charge in [-0.25, -0.2) is 9.98 Å². The summed E-state index contributed by atoms with van der Waals surface area (Å²) in [6.45, 7) is 2.67. The SMILES string of the molecule is CCOc1cc(/C=C2\SC(=Nc3cccnc3Cl)N(c3ccccc3)C2=O)ccc1OCc1ccccc1Cl. The van der Waals surface area contributed by atoms with E-state index in [1.807, 2.05) is 85.8 Å². The van der Waals surface area contributed by atoms with Crippen LogP contribution in [0.4, 0.5) is 11.4 Å². The Labute approximate surface area is 240 Å². The van der Waals surface area contributed by atoms with E-state index >= 15 is 0 Å². The summed E-state index contributed by atoms with van der Waals surface area (Å²) in [6.07, 6.45) is 3.41. The molecule has 9 heteroatoms. The highest BCUT2D eigenvalue weighted by molar-refractivity contribution is 8.19. The second-order valence-corrected chi connectivity index (χ2v) is 10.1. The Kier molecular flexibility index (Phi) is 8.51. The highest BCUT2D eigenvalue weighted by atomic mass is 35.5. The van der Waals surface area contributed by atoms with E-state index in [1.165, 1.54) is 11.8 Å². The summed E-state index contributed by atoms with van der Waals surface area (Å²) in [4.78, 5) is 24.5. The molecule has 1 amide bonds. The van der Waals surface area contributed by atoms with E-state index in [0.717, 1.165) is 11.1 Å². The van der Waals surface area contributed by atoms with Gasteiger partial charge in [-0.3, -0.25) is 9.69 Å². The Morgan fingerprint density at radius 1 is 0.949 bits per heavy atom. The number of carbonyl (C=O) groups is 1. The van der Waals surface area contributed by atoms with Gasteiger partial charge >= 0.3 is 0 Å². The minimum absolute atomic E-state index is 0.193. The molecule has 5 rings (SSSR count). The molecule has 2 heterocycles. The van der Waals surface area contributed by atoms with Crippen molar-refractivity contribution >= 4 is 63.5 Å². The Balaban J connectivity index is 1.46. The van der Waals surface area contributed by atoms with Gasteiger partial charge in [-0.2, -0.15) is 0 Å². The standard InChI is InChI=1S/C30H23Cl2N3O3S/c1-2-37-26-17-20(14-15-25(26)38-19-21-9-6-7-12-23(21)31)18-27-29(36)35(22-10-4-3-5-11-22)30(39-27)34-24-13-8-16-33-28(24)32/h3-18H,2,19H2,1H3/b27-18-,34-30?. The van der Waals surface area contributed by atoms with E-state index < -0.39 is 0 Å². The molecule has 3 aromatic carbocycles. The van der Waals surface area contributed by atoms with Crippen LogP contribution < -0.4 is 14.4 Å². The van der Waals surface area contributed by atoms with Gasteiger partial charge in [-0.15, -0.1) is 0 Å². The second-order valence-electron chi connectivity index (χ2n) is 8.31. The highest BCUT2D eigenvalue weighted by Crippen LogP contribution is 2.39. The van der Waals surface area contributed by atoms with Gasteiger partial charge in [0.15, 0.2) is 21.8 Å². The molecule has 0 aliphatic carbocycles. The van der Waals surface area contributed by atoms with E-state index in [0.29, 0.717) is 51.2 Å². The first-order valence-electron chi connectivity index (χ1n) is 12.1. The maximum atomic E-state index is 13.6. The zero-order valence-corrected chi connectivity index (χ0v) is 23.2. The molecule has 1 aromatic heterocycles. The smallest absolute Gasteiger partial charge is 0.271 e. The van der Waals surface area contributed by atoms with Crippen LogP contribution >= 0.6 is 35.0 Å². The van der Waals surface area contributed by atoms with Gasteiger partial charge < -0.3 is 9.47 Å². The molecule has 1 aliphatic heterocycles. The van der Waals surface area contributed by atoms with Crippen LogP contribution in [0.3, 0.4) is 0 Å². The molecule has 0 N–H and O–H groups in total. The van der Waals surface area contributed by atoms with Gasteiger partial charge in [-0.1, -0.05) is 65.7 Å². The van der Waals surface area contributed by atoms with Crippen molar-refractivity contribution in [3.05, 3.63) is 117 Å². The number of rotatable bonds is 8. The van der Waals surface area contributed by atoms with Crippen molar-refractivity contribution in [2.24, 2.45) is 4.99 Å². The quantitative estimate of drug-likeness (QED) is 0.156. The van der Waals surface area contributed by atoms with Crippen LogP contribution in [0.25, 0.3) is 6.08 Å².